The minimum atomic E-state index is -0.630. The quantitative estimate of drug-likeness (QED) is 0.734. The lowest BCUT2D eigenvalue weighted by Crippen LogP contribution is -2.08. The van der Waals surface area contributed by atoms with Crippen molar-refractivity contribution >= 4 is 21.6 Å². The van der Waals surface area contributed by atoms with E-state index in [9.17, 15) is 13.6 Å². The SMILES string of the molecule is O=c1[nH]c(-c2cc(F)ccc2F)nc2ccsc12. The van der Waals surface area contributed by atoms with Crippen LogP contribution in [0.25, 0.3) is 21.6 Å². The van der Waals surface area contributed by atoms with Gasteiger partial charge in [-0.2, -0.15) is 0 Å². The van der Waals surface area contributed by atoms with E-state index >= 15 is 0 Å². The molecule has 0 saturated heterocycles. The lowest BCUT2D eigenvalue weighted by atomic mass is 10.2. The maximum absolute atomic E-state index is 13.6. The van der Waals surface area contributed by atoms with Gasteiger partial charge in [0.1, 0.15) is 22.2 Å². The number of H-pyrrole nitrogens is 1. The maximum atomic E-state index is 13.6. The first-order valence-electron chi connectivity index (χ1n) is 5.08. The van der Waals surface area contributed by atoms with Crippen LogP contribution in [-0.2, 0) is 0 Å². The summed E-state index contributed by atoms with van der Waals surface area (Å²) in [4.78, 5) is 18.3. The molecule has 0 fully saturated rings. The molecule has 0 aliphatic carbocycles. The number of halogens is 2. The van der Waals surface area contributed by atoms with E-state index in [-0.39, 0.29) is 16.9 Å². The van der Waals surface area contributed by atoms with Crippen molar-refractivity contribution < 1.29 is 8.78 Å². The molecule has 2 aromatic heterocycles. The van der Waals surface area contributed by atoms with Gasteiger partial charge in [-0.15, -0.1) is 11.3 Å². The third kappa shape index (κ3) is 1.70. The molecule has 0 aliphatic rings. The molecule has 0 saturated carbocycles. The molecule has 3 nitrogen and oxygen atoms in total. The zero-order chi connectivity index (χ0) is 12.7. The van der Waals surface area contributed by atoms with E-state index in [4.69, 9.17) is 0 Å². The Kier molecular flexibility index (Phi) is 2.45. The zero-order valence-electron chi connectivity index (χ0n) is 8.91. The van der Waals surface area contributed by atoms with Crippen molar-refractivity contribution in [2.75, 3.05) is 0 Å². The summed E-state index contributed by atoms with van der Waals surface area (Å²) in [6.45, 7) is 0. The first-order chi connectivity index (χ1) is 8.65. The number of rotatable bonds is 1. The number of aromatic nitrogens is 2. The fourth-order valence-corrected chi connectivity index (χ4v) is 2.41. The van der Waals surface area contributed by atoms with Crippen molar-refractivity contribution in [1.82, 2.24) is 9.97 Å². The van der Waals surface area contributed by atoms with Gasteiger partial charge in [-0.05, 0) is 29.6 Å². The standard InChI is InChI=1S/C12H6F2N2OS/c13-6-1-2-8(14)7(5-6)11-15-9-3-4-18-10(9)12(17)16-11/h1-5H,(H,15,16,17). The number of benzene rings is 1. The lowest BCUT2D eigenvalue weighted by molar-refractivity contribution is 0.602. The molecule has 0 unspecified atom stereocenters. The first kappa shape index (κ1) is 11.0. The van der Waals surface area contributed by atoms with Crippen LogP contribution in [0, 0.1) is 11.6 Å². The molecule has 1 aromatic carbocycles. The number of thiophene rings is 1. The van der Waals surface area contributed by atoms with Gasteiger partial charge in [0.2, 0.25) is 0 Å². The van der Waals surface area contributed by atoms with Crippen molar-refractivity contribution in [3.8, 4) is 11.4 Å². The third-order valence-corrected chi connectivity index (χ3v) is 3.40. The van der Waals surface area contributed by atoms with Gasteiger partial charge >= 0.3 is 0 Å². The Labute approximate surface area is 104 Å². The van der Waals surface area contributed by atoms with Crippen LogP contribution in [-0.4, -0.2) is 9.97 Å². The predicted molar refractivity (Wildman–Crippen MR) is 65.6 cm³/mol. The molecule has 1 N–H and O–H groups in total. The zero-order valence-corrected chi connectivity index (χ0v) is 9.72. The molecule has 3 aromatic rings. The summed E-state index contributed by atoms with van der Waals surface area (Å²) in [5.74, 6) is -1.18. The van der Waals surface area contributed by atoms with E-state index < -0.39 is 11.6 Å². The highest BCUT2D eigenvalue weighted by atomic mass is 32.1. The summed E-state index contributed by atoms with van der Waals surface area (Å²) in [5.41, 5.74) is 0.0660. The Morgan fingerprint density at radius 2 is 2.06 bits per heavy atom. The highest BCUT2D eigenvalue weighted by Gasteiger charge is 2.11. The molecule has 0 radical (unpaired) electrons. The molecular formula is C12H6F2N2OS. The summed E-state index contributed by atoms with van der Waals surface area (Å²) < 4.78 is 27.2. The van der Waals surface area contributed by atoms with E-state index in [0.717, 1.165) is 18.2 Å². The van der Waals surface area contributed by atoms with Crippen LogP contribution < -0.4 is 5.56 Å². The number of hydrogen-bond donors (Lipinski definition) is 1. The van der Waals surface area contributed by atoms with E-state index in [0.29, 0.717) is 10.2 Å². The molecule has 6 heteroatoms. The molecule has 0 aliphatic heterocycles. The monoisotopic (exact) mass is 264 g/mol. The van der Waals surface area contributed by atoms with Gasteiger partial charge in [0.25, 0.3) is 5.56 Å². The van der Waals surface area contributed by atoms with Gasteiger partial charge < -0.3 is 4.98 Å². The molecule has 0 bridgehead atoms. The van der Waals surface area contributed by atoms with Crippen LogP contribution in [0.3, 0.4) is 0 Å². The van der Waals surface area contributed by atoms with E-state index in [1.807, 2.05) is 0 Å². The van der Waals surface area contributed by atoms with Crippen molar-refractivity contribution in [1.29, 1.82) is 0 Å². The highest BCUT2D eigenvalue weighted by Crippen LogP contribution is 2.22. The largest absolute Gasteiger partial charge is 0.305 e. The molecule has 0 atom stereocenters. The van der Waals surface area contributed by atoms with Crippen LogP contribution in [0.4, 0.5) is 8.78 Å². The van der Waals surface area contributed by atoms with E-state index in [1.54, 1.807) is 11.4 Å². The second-order valence-electron chi connectivity index (χ2n) is 3.67. The van der Waals surface area contributed by atoms with Crippen LogP contribution in [0.2, 0.25) is 0 Å². The summed E-state index contributed by atoms with van der Waals surface area (Å²) >= 11 is 1.25. The van der Waals surface area contributed by atoms with Gasteiger partial charge in [-0.25, -0.2) is 13.8 Å². The summed E-state index contributed by atoms with van der Waals surface area (Å²) in [6, 6.07) is 4.68. The van der Waals surface area contributed by atoms with Crippen molar-refractivity contribution in [2.24, 2.45) is 0 Å². The van der Waals surface area contributed by atoms with Crippen LogP contribution in [0.1, 0.15) is 0 Å². The third-order valence-electron chi connectivity index (χ3n) is 2.50. The molecule has 18 heavy (non-hydrogen) atoms. The summed E-state index contributed by atoms with van der Waals surface area (Å²) in [6.07, 6.45) is 0. The van der Waals surface area contributed by atoms with Crippen molar-refractivity contribution in [3.63, 3.8) is 0 Å². The minimum Gasteiger partial charge on any atom is -0.305 e. The molecule has 2 heterocycles. The first-order valence-corrected chi connectivity index (χ1v) is 5.96. The second-order valence-corrected chi connectivity index (χ2v) is 4.59. The predicted octanol–water partition coefficient (Wildman–Crippen LogP) is 2.93. The second kappa shape index (κ2) is 3.99. The molecular weight excluding hydrogens is 258 g/mol. The van der Waals surface area contributed by atoms with Gasteiger partial charge in [-0.3, -0.25) is 4.79 Å². The Bertz CT molecular complexity index is 794. The number of nitrogens with zero attached hydrogens (tertiary/aromatic N) is 1. The van der Waals surface area contributed by atoms with Crippen LogP contribution in [0.15, 0.2) is 34.4 Å². The number of nitrogens with one attached hydrogen (secondary N) is 1. The Morgan fingerprint density at radius 3 is 2.89 bits per heavy atom. The number of aromatic amines is 1. The van der Waals surface area contributed by atoms with E-state index in [1.165, 1.54) is 11.3 Å². The minimum absolute atomic E-state index is 0.0305. The summed E-state index contributed by atoms with van der Waals surface area (Å²) in [7, 11) is 0. The topological polar surface area (TPSA) is 45.8 Å². The normalized spacial score (nSPS) is 11.0. The van der Waals surface area contributed by atoms with Crippen LogP contribution in [0.5, 0.6) is 0 Å². The Hall–Kier alpha value is -2.08. The summed E-state index contributed by atoms with van der Waals surface area (Å²) in [5, 5.41) is 1.72. The fourth-order valence-electron chi connectivity index (χ4n) is 1.68. The number of hydrogen-bond acceptors (Lipinski definition) is 3. The van der Waals surface area contributed by atoms with Gasteiger partial charge in [0, 0.05) is 0 Å². The van der Waals surface area contributed by atoms with Gasteiger partial charge in [-0.1, -0.05) is 0 Å². The Balaban J connectivity index is 2.31. The van der Waals surface area contributed by atoms with Crippen LogP contribution >= 0.6 is 11.3 Å². The van der Waals surface area contributed by atoms with Crippen molar-refractivity contribution in [3.05, 3.63) is 51.6 Å². The highest BCUT2D eigenvalue weighted by molar-refractivity contribution is 7.17. The molecule has 0 amide bonds. The fraction of sp³-hybridized carbons (Fsp3) is 0. The number of fused-ring (bicyclic) bond motifs is 1. The average Bonchev–Trinajstić information content (AvgIpc) is 2.81. The van der Waals surface area contributed by atoms with Crippen molar-refractivity contribution in [2.45, 2.75) is 0 Å². The molecule has 0 spiro atoms. The van der Waals surface area contributed by atoms with E-state index in [2.05, 4.69) is 9.97 Å². The van der Waals surface area contributed by atoms with Gasteiger partial charge in [0.05, 0.1) is 11.1 Å². The average molecular weight is 264 g/mol. The lowest BCUT2D eigenvalue weighted by Gasteiger charge is -2.02. The Morgan fingerprint density at radius 1 is 1.22 bits per heavy atom. The maximum Gasteiger partial charge on any atom is 0.269 e. The smallest absolute Gasteiger partial charge is 0.269 e. The van der Waals surface area contributed by atoms with Gasteiger partial charge in [0.15, 0.2) is 0 Å². The molecule has 90 valence electrons. The molecule has 3 rings (SSSR count).